The van der Waals surface area contributed by atoms with Gasteiger partial charge < -0.3 is 9.84 Å². The van der Waals surface area contributed by atoms with Crippen molar-refractivity contribution in [3.05, 3.63) is 41.0 Å². The molecule has 0 fully saturated rings. The van der Waals surface area contributed by atoms with Crippen LogP contribution < -0.4 is 9.46 Å². The lowest BCUT2D eigenvalue weighted by Gasteiger charge is -2.10. The lowest BCUT2D eigenvalue weighted by Crippen LogP contribution is -2.12. The smallest absolute Gasteiger partial charge is 0.271 e. The minimum Gasteiger partial charge on any atom is -0.494 e. The van der Waals surface area contributed by atoms with E-state index in [0.717, 1.165) is 23.5 Å². The second-order valence-corrected chi connectivity index (χ2v) is 6.70. The average molecular weight is 317 g/mol. The van der Waals surface area contributed by atoms with Crippen LogP contribution in [0.2, 0.25) is 0 Å². The van der Waals surface area contributed by atoms with Crippen LogP contribution in [-0.2, 0) is 16.6 Å². The summed E-state index contributed by atoms with van der Waals surface area (Å²) in [6.45, 7) is -0.230. The molecule has 2 aromatic rings. The third-order valence-corrected chi connectivity index (χ3v) is 5.34. The maximum atomic E-state index is 13.1. The summed E-state index contributed by atoms with van der Waals surface area (Å²) in [6.07, 6.45) is 0. The molecular weight excluding hydrogens is 305 g/mol. The van der Waals surface area contributed by atoms with E-state index < -0.39 is 15.8 Å². The molecular formula is C12H12FNO4S2. The van der Waals surface area contributed by atoms with Crippen molar-refractivity contribution in [3.63, 3.8) is 0 Å². The second kappa shape index (κ2) is 5.78. The molecule has 1 aromatic heterocycles. The molecule has 0 aliphatic heterocycles. The Bertz CT molecular complexity index is 712. The lowest BCUT2D eigenvalue weighted by molar-refractivity contribution is 0.282. The number of ether oxygens (including phenoxy) is 1. The minimum atomic E-state index is -3.79. The van der Waals surface area contributed by atoms with Crippen molar-refractivity contribution in [2.45, 2.75) is 10.8 Å². The first-order valence-corrected chi connectivity index (χ1v) is 7.87. The number of nitrogens with one attached hydrogen (secondary N) is 1. The summed E-state index contributed by atoms with van der Waals surface area (Å²) in [7, 11) is -2.47. The number of halogens is 1. The molecule has 2 rings (SSSR count). The van der Waals surface area contributed by atoms with Gasteiger partial charge in [0.2, 0.25) is 0 Å². The molecule has 0 aliphatic rings. The number of aliphatic hydroxyl groups is 1. The SMILES string of the molecule is COc1cc(F)ccc1NS(=O)(=O)c1cc(CO)cs1. The first-order chi connectivity index (χ1) is 9.46. The normalized spacial score (nSPS) is 11.3. The van der Waals surface area contributed by atoms with Crippen molar-refractivity contribution >= 4 is 27.0 Å². The largest absolute Gasteiger partial charge is 0.494 e. The zero-order valence-corrected chi connectivity index (χ0v) is 12.1. The summed E-state index contributed by atoms with van der Waals surface area (Å²) in [5.41, 5.74) is 0.661. The van der Waals surface area contributed by atoms with Crippen LogP contribution in [0.1, 0.15) is 5.56 Å². The first kappa shape index (κ1) is 14.8. The van der Waals surface area contributed by atoms with Crippen molar-refractivity contribution in [1.82, 2.24) is 0 Å². The van der Waals surface area contributed by atoms with Gasteiger partial charge in [0.25, 0.3) is 10.0 Å². The molecule has 0 radical (unpaired) electrons. The van der Waals surface area contributed by atoms with E-state index in [9.17, 15) is 12.8 Å². The fourth-order valence-electron chi connectivity index (χ4n) is 1.52. The number of rotatable bonds is 5. The van der Waals surface area contributed by atoms with Gasteiger partial charge in [-0.2, -0.15) is 0 Å². The van der Waals surface area contributed by atoms with Crippen LogP contribution in [0.3, 0.4) is 0 Å². The quantitative estimate of drug-likeness (QED) is 0.886. The summed E-state index contributed by atoms with van der Waals surface area (Å²) in [5, 5.41) is 10.5. The van der Waals surface area contributed by atoms with Gasteiger partial charge in [-0.3, -0.25) is 4.72 Å². The average Bonchev–Trinajstić information content (AvgIpc) is 2.90. The predicted octanol–water partition coefficient (Wildman–Crippen LogP) is 2.19. The van der Waals surface area contributed by atoms with E-state index in [1.807, 2.05) is 0 Å². The number of benzene rings is 1. The Balaban J connectivity index is 2.33. The molecule has 0 atom stereocenters. The maximum Gasteiger partial charge on any atom is 0.271 e. The number of hydrogen-bond acceptors (Lipinski definition) is 5. The monoisotopic (exact) mass is 317 g/mol. The Morgan fingerprint density at radius 2 is 2.15 bits per heavy atom. The van der Waals surface area contributed by atoms with Crippen LogP contribution in [0.4, 0.5) is 10.1 Å². The van der Waals surface area contributed by atoms with E-state index in [4.69, 9.17) is 9.84 Å². The molecule has 1 aromatic carbocycles. The highest BCUT2D eigenvalue weighted by molar-refractivity contribution is 7.94. The Kier molecular flexibility index (Phi) is 4.26. The van der Waals surface area contributed by atoms with Crippen molar-refractivity contribution in [2.24, 2.45) is 0 Å². The summed E-state index contributed by atoms with van der Waals surface area (Å²) in [5.74, 6) is -0.434. The number of aliphatic hydroxyl groups excluding tert-OH is 1. The standard InChI is InChI=1S/C12H12FNO4S2/c1-18-11-5-9(13)2-3-10(11)14-20(16,17)12-4-8(6-15)7-19-12/h2-5,7,14-15H,6H2,1H3. The number of thiophene rings is 1. The third kappa shape index (κ3) is 3.09. The summed E-state index contributed by atoms with van der Waals surface area (Å²) in [4.78, 5) is 0. The zero-order valence-electron chi connectivity index (χ0n) is 10.5. The van der Waals surface area contributed by atoms with Crippen LogP contribution in [0.5, 0.6) is 5.75 Å². The number of anilines is 1. The molecule has 2 N–H and O–H groups in total. The zero-order chi connectivity index (χ0) is 14.8. The molecule has 0 amide bonds. The van der Waals surface area contributed by atoms with Crippen LogP contribution >= 0.6 is 11.3 Å². The Morgan fingerprint density at radius 1 is 1.40 bits per heavy atom. The fraction of sp³-hybridized carbons (Fsp3) is 0.167. The van der Waals surface area contributed by atoms with Crippen molar-refractivity contribution in [3.8, 4) is 5.75 Å². The van der Waals surface area contributed by atoms with Gasteiger partial charge >= 0.3 is 0 Å². The van der Waals surface area contributed by atoms with Crippen molar-refractivity contribution < 1.29 is 22.7 Å². The maximum absolute atomic E-state index is 13.1. The topological polar surface area (TPSA) is 75.6 Å². The Hall–Kier alpha value is -1.64. The Morgan fingerprint density at radius 3 is 2.75 bits per heavy atom. The van der Waals surface area contributed by atoms with Gasteiger partial charge in [-0.15, -0.1) is 11.3 Å². The summed E-state index contributed by atoms with van der Waals surface area (Å²) in [6, 6.07) is 4.88. The molecule has 0 bridgehead atoms. The van der Waals surface area contributed by atoms with Gasteiger partial charge in [-0.05, 0) is 29.1 Å². The molecule has 0 aliphatic carbocycles. The van der Waals surface area contributed by atoms with E-state index in [-0.39, 0.29) is 22.3 Å². The molecule has 5 nitrogen and oxygen atoms in total. The van der Waals surface area contributed by atoms with Crippen LogP contribution in [0.15, 0.2) is 33.9 Å². The van der Waals surface area contributed by atoms with Gasteiger partial charge in [0.05, 0.1) is 19.4 Å². The molecule has 0 unspecified atom stereocenters. The highest BCUT2D eigenvalue weighted by atomic mass is 32.2. The van der Waals surface area contributed by atoms with Crippen LogP contribution in [-0.4, -0.2) is 20.6 Å². The molecule has 0 saturated carbocycles. The Labute approximate surface area is 119 Å². The second-order valence-electron chi connectivity index (χ2n) is 3.88. The summed E-state index contributed by atoms with van der Waals surface area (Å²) < 4.78 is 44.7. The number of methoxy groups -OCH3 is 1. The molecule has 0 saturated heterocycles. The van der Waals surface area contributed by atoms with Gasteiger partial charge in [0.1, 0.15) is 15.8 Å². The van der Waals surface area contributed by atoms with Gasteiger partial charge in [0.15, 0.2) is 0 Å². The van der Waals surface area contributed by atoms with Crippen molar-refractivity contribution in [1.29, 1.82) is 0 Å². The van der Waals surface area contributed by atoms with Gasteiger partial charge in [-0.25, -0.2) is 12.8 Å². The predicted molar refractivity (Wildman–Crippen MR) is 74.0 cm³/mol. The molecule has 108 valence electrons. The summed E-state index contributed by atoms with van der Waals surface area (Å²) >= 11 is 0.992. The van der Waals surface area contributed by atoms with Gasteiger partial charge in [-0.1, -0.05) is 0 Å². The van der Waals surface area contributed by atoms with E-state index in [2.05, 4.69) is 4.72 Å². The van der Waals surface area contributed by atoms with Crippen LogP contribution in [0, 0.1) is 5.82 Å². The van der Waals surface area contributed by atoms with E-state index >= 15 is 0 Å². The number of hydrogen-bond donors (Lipinski definition) is 2. The number of sulfonamides is 1. The molecule has 20 heavy (non-hydrogen) atoms. The molecule has 1 heterocycles. The lowest BCUT2D eigenvalue weighted by atomic mass is 10.3. The highest BCUT2D eigenvalue weighted by Gasteiger charge is 2.19. The molecule has 0 spiro atoms. The van der Waals surface area contributed by atoms with Gasteiger partial charge in [0, 0.05) is 6.07 Å². The molecule has 8 heteroatoms. The third-order valence-electron chi connectivity index (χ3n) is 2.49. The minimum absolute atomic E-state index is 0.0629. The highest BCUT2D eigenvalue weighted by Crippen LogP contribution is 2.29. The van der Waals surface area contributed by atoms with Crippen molar-refractivity contribution in [2.75, 3.05) is 11.8 Å². The first-order valence-electron chi connectivity index (χ1n) is 5.51. The van der Waals surface area contributed by atoms with E-state index in [1.54, 1.807) is 5.38 Å². The van der Waals surface area contributed by atoms with Crippen LogP contribution in [0.25, 0.3) is 0 Å². The van der Waals surface area contributed by atoms with E-state index in [1.165, 1.54) is 19.2 Å². The van der Waals surface area contributed by atoms with E-state index in [0.29, 0.717) is 5.56 Å². The fourth-order valence-corrected chi connectivity index (χ4v) is 3.79.